The molecule has 0 unspecified atom stereocenters. The lowest BCUT2D eigenvalue weighted by atomic mass is 9.86. The Kier molecular flexibility index (Phi) is 6.22. The highest BCUT2D eigenvalue weighted by molar-refractivity contribution is 5.82. The molecule has 2 bridgehead atoms. The Hall–Kier alpha value is -2.77. The number of hydrogen-bond acceptors (Lipinski definition) is 11. The summed E-state index contributed by atoms with van der Waals surface area (Å²) < 4.78 is 34.8. The Morgan fingerprint density at radius 1 is 1.32 bits per heavy atom. The summed E-state index contributed by atoms with van der Waals surface area (Å²) in [4.78, 5) is 36.8. The number of aliphatic hydroxyl groups is 4. The van der Waals surface area contributed by atoms with Gasteiger partial charge in [-0.1, -0.05) is 30.3 Å². The van der Waals surface area contributed by atoms with Crippen LogP contribution in [-0.2, 0) is 35.1 Å². The van der Waals surface area contributed by atoms with Crippen LogP contribution in [0.2, 0.25) is 0 Å². The Morgan fingerprint density at radius 3 is 2.68 bits per heavy atom. The van der Waals surface area contributed by atoms with Crippen LogP contribution in [0.25, 0.3) is 0 Å². The number of hydrogen-bond donors (Lipinski definition) is 5. The first-order chi connectivity index (χ1) is 15.5. The molecule has 31 heavy (non-hydrogen) atoms. The fraction of sp³-hybridized carbons (Fsp3) is 0.526. The maximum absolute atomic E-state index is 12.6. The smallest absolute Gasteiger partial charge is 0.452 e. The molecular weight excluding hydrogens is 418 g/mol. The second-order valence-corrected chi connectivity index (χ2v) is 6.96. The van der Waals surface area contributed by atoms with Gasteiger partial charge >= 0.3 is 17.9 Å². The minimum absolute atomic E-state index is 0.201. The van der Waals surface area contributed by atoms with Crippen LogP contribution in [0.1, 0.15) is 14.7 Å². The van der Waals surface area contributed by atoms with Gasteiger partial charge in [0.05, 0.1) is 27.9 Å². The largest absolute Gasteiger partial charge is 0.511 e. The Bertz CT molecular complexity index is 880. The molecule has 1 aromatic carbocycles. The van der Waals surface area contributed by atoms with E-state index in [0.29, 0.717) is 5.56 Å². The summed E-state index contributed by atoms with van der Waals surface area (Å²) in [6, 6.07) is 7.00. The molecular formula is C19H23NO11. The maximum Gasteiger partial charge on any atom is 0.511 e. The number of ether oxygens (including phenoxy) is 4. The number of benzene rings is 1. The molecule has 2 aliphatic rings. The minimum atomic E-state index is -3.32. The fourth-order valence-electron chi connectivity index (χ4n) is 3.40. The zero-order chi connectivity index (χ0) is 24.4. The number of nitrogens with one attached hydrogen (secondary N) is 1. The number of carbonyl (C=O) groups is 3. The highest BCUT2D eigenvalue weighted by atomic mass is 16.8. The molecule has 0 radical (unpaired) electrons. The summed E-state index contributed by atoms with van der Waals surface area (Å²) in [7, 11) is 0. The third kappa shape index (κ3) is 4.94. The van der Waals surface area contributed by atoms with Gasteiger partial charge in [0.25, 0.3) is 0 Å². The molecule has 12 heteroatoms. The first-order valence-corrected chi connectivity index (χ1v) is 9.26. The van der Waals surface area contributed by atoms with Crippen molar-refractivity contribution in [2.45, 2.75) is 49.3 Å². The molecule has 170 valence electrons. The van der Waals surface area contributed by atoms with Gasteiger partial charge in [-0.2, -0.15) is 0 Å². The maximum atomic E-state index is 12.6. The van der Waals surface area contributed by atoms with E-state index in [9.17, 15) is 34.8 Å². The monoisotopic (exact) mass is 443 g/mol. The number of cyclic esters (lactones) is 1. The Morgan fingerprint density at radius 2 is 2.03 bits per heavy atom. The Labute approximate surface area is 179 Å². The molecule has 2 aliphatic heterocycles. The number of aliphatic hydroxyl groups excluding tert-OH is 3. The number of amides is 1. The summed E-state index contributed by atoms with van der Waals surface area (Å²) in [6.45, 7) is -4.42. The second-order valence-electron chi connectivity index (χ2n) is 6.96. The standard InChI is InChI=1S/C19H23NO11/c21-7-12(24)15-16-14(20-13(25)8-22)11(23)6-19(30-16,17(26)29-15)31-18(27)28-9-10-4-2-1-3-5-10/h1-5,11-12,14-16,21-24H,6-9H2,(H,20,25)/t11-,12+,14+,15+,16+,19+/m0/s1/i8D2. The van der Waals surface area contributed by atoms with Gasteiger partial charge in [-0.3, -0.25) is 4.79 Å². The molecule has 0 spiro atoms. The first kappa shape index (κ1) is 20.2. The highest BCUT2D eigenvalue weighted by Crippen LogP contribution is 2.39. The van der Waals surface area contributed by atoms with Gasteiger partial charge in [-0.15, -0.1) is 0 Å². The molecule has 1 aromatic rings. The van der Waals surface area contributed by atoms with Gasteiger partial charge in [-0.25, -0.2) is 9.59 Å². The van der Waals surface area contributed by atoms with Gasteiger partial charge in [0.2, 0.25) is 5.91 Å². The van der Waals surface area contributed by atoms with Gasteiger partial charge in [0, 0.05) is 0 Å². The van der Waals surface area contributed by atoms with Crippen molar-refractivity contribution < 1.29 is 56.5 Å². The van der Waals surface area contributed by atoms with E-state index >= 15 is 0 Å². The summed E-state index contributed by atoms with van der Waals surface area (Å²) in [5, 5.41) is 41.1. The van der Waals surface area contributed by atoms with E-state index < -0.39 is 73.9 Å². The van der Waals surface area contributed by atoms with Gasteiger partial charge in [-0.05, 0) is 5.56 Å². The average Bonchev–Trinajstić information content (AvgIpc) is 2.76. The molecule has 6 atom stereocenters. The van der Waals surface area contributed by atoms with Crippen molar-refractivity contribution in [3.05, 3.63) is 35.9 Å². The summed E-state index contributed by atoms with van der Waals surface area (Å²) >= 11 is 0. The molecule has 5 N–H and O–H groups in total. The van der Waals surface area contributed by atoms with Crippen molar-refractivity contribution in [3.8, 4) is 0 Å². The van der Waals surface area contributed by atoms with Crippen molar-refractivity contribution in [2.24, 2.45) is 0 Å². The van der Waals surface area contributed by atoms with Crippen LogP contribution in [0.4, 0.5) is 4.79 Å². The Balaban J connectivity index is 1.80. The third-order valence-electron chi connectivity index (χ3n) is 4.86. The molecule has 2 saturated heterocycles. The predicted molar refractivity (Wildman–Crippen MR) is 97.9 cm³/mol. The topological polar surface area (TPSA) is 181 Å². The van der Waals surface area contributed by atoms with Crippen LogP contribution in [0.15, 0.2) is 30.3 Å². The first-order valence-electron chi connectivity index (χ1n) is 10.3. The zero-order valence-electron chi connectivity index (χ0n) is 18.0. The number of esters is 1. The van der Waals surface area contributed by atoms with Gasteiger partial charge in [0.15, 0.2) is 6.10 Å². The van der Waals surface area contributed by atoms with Gasteiger partial charge < -0.3 is 44.7 Å². The van der Waals surface area contributed by atoms with E-state index in [1.165, 1.54) is 0 Å². The number of carbonyl (C=O) groups excluding carboxylic acids is 3. The SMILES string of the molecule is [2H]C([2H])(O)C(=O)N[C@H]1[C@H]2O[C@@](OC(=O)OCc3ccccc3)(C[C@@H]1O)C(=O)O[C@@H]2[C@H](O)CO. The van der Waals surface area contributed by atoms with Crippen molar-refractivity contribution in [1.29, 1.82) is 0 Å². The minimum Gasteiger partial charge on any atom is -0.452 e. The lowest BCUT2D eigenvalue weighted by molar-refractivity contribution is -0.331. The predicted octanol–water partition coefficient (Wildman–Crippen LogP) is -2.06. The van der Waals surface area contributed by atoms with Crippen molar-refractivity contribution in [2.75, 3.05) is 13.2 Å². The van der Waals surface area contributed by atoms with Gasteiger partial charge in [0.1, 0.15) is 25.4 Å². The van der Waals surface area contributed by atoms with E-state index in [1.807, 2.05) is 5.32 Å². The molecule has 0 aromatic heterocycles. The van der Waals surface area contributed by atoms with Crippen LogP contribution in [-0.4, -0.2) is 87.9 Å². The molecule has 0 aliphatic carbocycles. The van der Waals surface area contributed by atoms with Crippen molar-refractivity contribution >= 4 is 18.0 Å². The van der Waals surface area contributed by atoms with E-state index in [0.717, 1.165) is 0 Å². The number of rotatable bonds is 7. The summed E-state index contributed by atoms with van der Waals surface area (Å²) in [5.41, 5.74) is 0.618. The van der Waals surface area contributed by atoms with Crippen LogP contribution < -0.4 is 5.32 Å². The average molecular weight is 443 g/mol. The molecule has 1 amide bonds. The van der Waals surface area contributed by atoms with E-state index in [-0.39, 0.29) is 6.61 Å². The zero-order valence-corrected chi connectivity index (χ0v) is 16.0. The molecule has 2 heterocycles. The quantitative estimate of drug-likeness (QED) is 0.292. The van der Waals surface area contributed by atoms with Crippen LogP contribution in [0.3, 0.4) is 0 Å². The lowest BCUT2D eigenvalue weighted by Crippen LogP contribution is -2.73. The van der Waals surface area contributed by atoms with Crippen molar-refractivity contribution in [1.82, 2.24) is 5.32 Å². The van der Waals surface area contributed by atoms with E-state index in [1.54, 1.807) is 30.3 Å². The molecule has 2 fully saturated rings. The summed E-state index contributed by atoms with van der Waals surface area (Å²) in [5.74, 6) is -5.34. The lowest BCUT2D eigenvalue weighted by Gasteiger charge is -2.50. The van der Waals surface area contributed by atoms with E-state index in [4.69, 9.17) is 21.7 Å². The molecule has 0 saturated carbocycles. The highest BCUT2D eigenvalue weighted by Gasteiger charge is 2.63. The van der Waals surface area contributed by atoms with Crippen molar-refractivity contribution in [3.63, 3.8) is 0 Å². The number of fused-ring (bicyclic) bond motifs is 2. The fourth-order valence-corrected chi connectivity index (χ4v) is 3.40. The third-order valence-corrected chi connectivity index (χ3v) is 4.86. The van der Waals surface area contributed by atoms with Crippen LogP contribution in [0, 0.1) is 0 Å². The molecule has 3 rings (SSSR count). The summed E-state index contributed by atoms with van der Waals surface area (Å²) in [6.07, 6.45) is -8.72. The normalized spacial score (nSPS) is 32.1. The molecule has 12 nitrogen and oxygen atoms in total. The van der Waals surface area contributed by atoms with Crippen LogP contribution in [0.5, 0.6) is 0 Å². The van der Waals surface area contributed by atoms with Crippen LogP contribution >= 0.6 is 0 Å². The van der Waals surface area contributed by atoms with E-state index in [2.05, 4.69) is 0 Å². The second kappa shape index (κ2) is 9.58.